The van der Waals surface area contributed by atoms with E-state index in [1.165, 1.54) is 0 Å². The van der Waals surface area contributed by atoms with E-state index in [0.717, 1.165) is 43.7 Å². The van der Waals surface area contributed by atoms with Crippen molar-refractivity contribution in [3.05, 3.63) is 198 Å². The molecule has 6 rings (SSSR count). The molecule has 0 unspecified atom stereocenters. The summed E-state index contributed by atoms with van der Waals surface area (Å²) in [6.45, 7) is 4.06. The lowest BCUT2D eigenvalue weighted by molar-refractivity contribution is -0.138. The van der Waals surface area contributed by atoms with Crippen molar-refractivity contribution in [1.29, 1.82) is 0 Å². The Morgan fingerprint density at radius 3 is 1.55 bits per heavy atom. The van der Waals surface area contributed by atoms with E-state index < -0.39 is 13.0 Å². The molecule has 0 aliphatic heterocycles. The fourth-order valence-corrected chi connectivity index (χ4v) is 9.19. The number of nitrogens with zero attached hydrogens (tertiary/aromatic N) is 2. The van der Waals surface area contributed by atoms with Gasteiger partial charge in [0, 0.05) is 15.9 Å². The minimum Gasteiger partial charge on any atom is -0.461 e. The Kier molecular flexibility index (Phi) is 10.7. The maximum absolute atomic E-state index is 13.8. The Hall–Kier alpha value is -5.79. The van der Waals surface area contributed by atoms with Gasteiger partial charge in [-0.2, -0.15) is 0 Å². The maximum Gasteiger partial charge on any atom is 0.356 e. The summed E-state index contributed by atoms with van der Waals surface area (Å²) in [7, 11) is -2.73. The van der Waals surface area contributed by atoms with E-state index in [4.69, 9.17) is 14.5 Å². The molecule has 0 amide bonds. The Morgan fingerprint density at radius 1 is 0.653 bits per heavy atom. The second-order valence-electron chi connectivity index (χ2n) is 11.4. The first-order chi connectivity index (χ1) is 24.1. The lowest BCUT2D eigenvalue weighted by atomic mass is 9.99. The standard InChI is InChI=1S/C44H37N2O2P/c1-3-48-44(47)43(46-49(39-23-13-6-14-24-39,40-25-15-7-16-26-40)41-27-17-8-18-28-41)32-37-31-38(30-29-34(37)2)45-33-42(35-19-9-4-10-20-35)36-21-11-5-12-22-36/h4-32H,3H2,1-2H3/b43-32-. The number of carbonyl (C=O) groups excluding carboxylic acids is 1. The molecule has 240 valence electrons. The lowest BCUT2D eigenvalue weighted by Gasteiger charge is -2.27. The average molecular weight is 657 g/mol. The molecule has 0 spiro atoms. The van der Waals surface area contributed by atoms with E-state index in [-0.39, 0.29) is 12.3 Å². The van der Waals surface area contributed by atoms with Crippen molar-refractivity contribution in [3.63, 3.8) is 0 Å². The van der Waals surface area contributed by atoms with Crippen molar-refractivity contribution in [2.75, 3.05) is 6.61 Å². The van der Waals surface area contributed by atoms with Gasteiger partial charge in [-0.25, -0.2) is 14.5 Å². The highest BCUT2D eigenvalue weighted by atomic mass is 31.2. The fourth-order valence-electron chi connectivity index (χ4n) is 5.67. The van der Waals surface area contributed by atoms with Gasteiger partial charge >= 0.3 is 5.97 Å². The molecule has 0 N–H and O–H groups in total. The van der Waals surface area contributed by atoms with Gasteiger partial charge < -0.3 is 4.74 Å². The smallest absolute Gasteiger partial charge is 0.356 e. The van der Waals surface area contributed by atoms with Crippen LogP contribution in [0, 0.1) is 6.92 Å². The summed E-state index contributed by atoms with van der Waals surface area (Å²) < 4.78 is 11.2. The van der Waals surface area contributed by atoms with E-state index >= 15 is 0 Å². The monoisotopic (exact) mass is 656 g/mol. The summed E-state index contributed by atoms with van der Waals surface area (Å²) >= 11 is 0. The zero-order valence-corrected chi connectivity index (χ0v) is 28.5. The number of carbonyl (C=O) groups is 1. The highest BCUT2D eigenvalue weighted by Gasteiger charge is 2.29. The largest absolute Gasteiger partial charge is 0.461 e. The number of ether oxygens (including phenoxy) is 1. The van der Waals surface area contributed by atoms with Crippen LogP contribution in [0.2, 0.25) is 0 Å². The van der Waals surface area contributed by atoms with Crippen molar-refractivity contribution in [2.45, 2.75) is 13.8 Å². The van der Waals surface area contributed by atoms with E-state index in [1.807, 2.05) is 129 Å². The molecule has 0 aliphatic rings. The average Bonchev–Trinajstić information content (AvgIpc) is 3.16. The molecule has 0 fully saturated rings. The summed E-state index contributed by atoms with van der Waals surface area (Å²) in [6, 6.07) is 57.0. The molecular weight excluding hydrogens is 619 g/mol. The van der Waals surface area contributed by atoms with E-state index in [1.54, 1.807) is 0 Å². The molecule has 4 nitrogen and oxygen atoms in total. The summed E-state index contributed by atoms with van der Waals surface area (Å²) in [6.07, 6.45) is 1.84. The molecule has 0 radical (unpaired) electrons. The third kappa shape index (κ3) is 7.69. The molecule has 0 saturated heterocycles. The molecule has 0 atom stereocenters. The van der Waals surface area contributed by atoms with Crippen LogP contribution in [0.4, 0.5) is 5.69 Å². The second-order valence-corrected chi connectivity index (χ2v) is 14.4. The zero-order chi connectivity index (χ0) is 33.9. The van der Waals surface area contributed by atoms with Crippen LogP contribution in [-0.4, -0.2) is 18.4 Å². The molecule has 0 heterocycles. The van der Waals surface area contributed by atoms with Gasteiger partial charge in [0.05, 0.1) is 24.9 Å². The van der Waals surface area contributed by atoms with Gasteiger partial charge in [0.25, 0.3) is 0 Å². The van der Waals surface area contributed by atoms with Crippen molar-refractivity contribution in [2.24, 2.45) is 9.74 Å². The van der Waals surface area contributed by atoms with Gasteiger partial charge in [0.15, 0.2) is 0 Å². The molecule has 0 aromatic heterocycles. The van der Waals surface area contributed by atoms with Crippen LogP contribution in [0.25, 0.3) is 11.6 Å². The van der Waals surface area contributed by atoms with Gasteiger partial charge in [-0.05, 0) is 60.2 Å². The van der Waals surface area contributed by atoms with E-state index in [0.29, 0.717) is 5.69 Å². The van der Waals surface area contributed by atoms with E-state index in [9.17, 15) is 4.79 Å². The first-order valence-electron chi connectivity index (χ1n) is 16.3. The summed E-state index contributed by atoms with van der Waals surface area (Å²) in [5, 5.41) is 3.12. The Morgan fingerprint density at radius 2 is 1.10 bits per heavy atom. The predicted octanol–water partition coefficient (Wildman–Crippen LogP) is 9.51. The molecule has 0 bridgehead atoms. The normalized spacial score (nSPS) is 11.3. The van der Waals surface area contributed by atoms with Gasteiger partial charge in [-0.3, -0.25) is 0 Å². The third-order valence-corrected chi connectivity index (χ3v) is 11.8. The Bertz CT molecular complexity index is 2030. The molecule has 6 aromatic carbocycles. The summed E-state index contributed by atoms with van der Waals surface area (Å²) in [5.74, 6) is 2.85. The van der Waals surface area contributed by atoms with Crippen molar-refractivity contribution < 1.29 is 9.53 Å². The number of hydrogen-bond donors (Lipinski definition) is 0. The third-order valence-electron chi connectivity index (χ3n) is 8.11. The molecule has 0 saturated carbocycles. The number of esters is 1. The van der Waals surface area contributed by atoms with Crippen LogP contribution < -0.4 is 15.9 Å². The summed E-state index contributed by atoms with van der Waals surface area (Å²) in [5.41, 5.74) is 5.70. The molecule has 49 heavy (non-hydrogen) atoms. The van der Waals surface area contributed by atoms with Crippen LogP contribution in [0.3, 0.4) is 0 Å². The number of aryl methyl sites for hydroxylation is 1. The molecule has 5 heteroatoms. The Balaban J connectivity index is 1.58. The van der Waals surface area contributed by atoms with Crippen LogP contribution in [0.5, 0.6) is 0 Å². The van der Waals surface area contributed by atoms with Crippen LogP contribution >= 0.6 is 7.05 Å². The van der Waals surface area contributed by atoms with Crippen LogP contribution in [0.15, 0.2) is 185 Å². The molecular formula is C44H37N2O2P. The Labute approximate surface area is 288 Å². The highest BCUT2D eigenvalue weighted by molar-refractivity contribution is 7.87. The minimum atomic E-state index is -2.73. The number of aliphatic imine (C=N–C) groups is 1. The zero-order valence-electron chi connectivity index (χ0n) is 27.6. The second kappa shape index (κ2) is 15.9. The van der Waals surface area contributed by atoms with Gasteiger partial charge in [-0.15, -0.1) is 0 Å². The maximum atomic E-state index is 13.8. The summed E-state index contributed by atoms with van der Waals surface area (Å²) in [4.78, 5) is 18.6. The molecule has 6 aromatic rings. The molecule has 0 aliphatic carbocycles. The van der Waals surface area contributed by atoms with E-state index in [2.05, 4.69) is 66.5 Å². The highest BCUT2D eigenvalue weighted by Crippen LogP contribution is 2.48. The number of hydrogen-bond acceptors (Lipinski definition) is 4. The van der Waals surface area contributed by atoms with Crippen molar-refractivity contribution in [3.8, 4) is 0 Å². The lowest BCUT2D eigenvalue weighted by Crippen LogP contribution is -2.26. The van der Waals surface area contributed by atoms with Gasteiger partial charge in [0.2, 0.25) is 0 Å². The SMILES string of the molecule is CCOC(=O)/C(=C/c1cc(N=C=C(c2ccccc2)c2ccccc2)ccc1C)N=P(c1ccccc1)(c1ccccc1)c1ccccc1. The predicted molar refractivity (Wildman–Crippen MR) is 206 cm³/mol. The first kappa shape index (κ1) is 33.1. The fraction of sp³-hybridized carbons (Fsp3) is 0.0682. The quantitative estimate of drug-likeness (QED) is 0.0639. The minimum absolute atomic E-state index is 0.231. The van der Waals surface area contributed by atoms with Crippen molar-refractivity contribution in [1.82, 2.24) is 0 Å². The van der Waals surface area contributed by atoms with Crippen LogP contribution in [0.1, 0.15) is 29.2 Å². The van der Waals surface area contributed by atoms with Gasteiger partial charge in [-0.1, -0.05) is 158 Å². The van der Waals surface area contributed by atoms with Crippen molar-refractivity contribution >= 4 is 52.1 Å². The van der Waals surface area contributed by atoms with Crippen LogP contribution in [-0.2, 0) is 9.53 Å². The topological polar surface area (TPSA) is 51.0 Å². The first-order valence-corrected chi connectivity index (χ1v) is 18.1. The number of rotatable bonds is 10. The number of benzene rings is 6. The van der Waals surface area contributed by atoms with Gasteiger partial charge in [0.1, 0.15) is 5.70 Å².